The van der Waals surface area contributed by atoms with E-state index in [1.807, 2.05) is 6.07 Å². The van der Waals surface area contributed by atoms with Crippen molar-refractivity contribution in [3.63, 3.8) is 0 Å². The van der Waals surface area contributed by atoms with Crippen LogP contribution in [-0.2, 0) is 4.79 Å². The Morgan fingerprint density at radius 1 is 1.29 bits per heavy atom. The lowest BCUT2D eigenvalue weighted by Gasteiger charge is -2.19. The van der Waals surface area contributed by atoms with E-state index in [1.165, 1.54) is 0 Å². The quantitative estimate of drug-likeness (QED) is 0.647. The molecule has 0 aliphatic carbocycles. The third-order valence-corrected chi connectivity index (χ3v) is 2.62. The van der Waals surface area contributed by atoms with E-state index in [2.05, 4.69) is 6.58 Å². The predicted molar refractivity (Wildman–Crippen MR) is 63.7 cm³/mol. The minimum absolute atomic E-state index is 0.0173. The highest BCUT2D eigenvalue weighted by atomic mass is 16.4. The summed E-state index contributed by atoms with van der Waals surface area (Å²) in [7, 11) is 0. The van der Waals surface area contributed by atoms with Gasteiger partial charge in [-0.15, -0.1) is 0 Å². The van der Waals surface area contributed by atoms with Crippen LogP contribution in [-0.4, -0.2) is 34.0 Å². The van der Waals surface area contributed by atoms with Gasteiger partial charge < -0.3 is 15.3 Å². The average Bonchev–Trinajstić information content (AvgIpc) is 2.35. The first-order valence-corrected chi connectivity index (χ1v) is 5.32. The minimum atomic E-state index is -1.09. The molecule has 0 saturated heterocycles. The molecule has 92 valence electrons. The zero-order chi connectivity index (χ0) is 12.8. The summed E-state index contributed by atoms with van der Waals surface area (Å²) in [6.07, 6.45) is -0.803. The first kappa shape index (κ1) is 13.4. The molecule has 1 aromatic rings. The lowest BCUT2D eigenvalue weighted by molar-refractivity contribution is -0.133. The van der Waals surface area contributed by atoms with Crippen LogP contribution in [0.3, 0.4) is 0 Å². The highest BCUT2D eigenvalue weighted by Crippen LogP contribution is 2.28. The second-order valence-electron chi connectivity index (χ2n) is 3.87. The number of carboxylic acids is 1. The maximum Gasteiger partial charge on any atom is 0.331 e. The van der Waals surface area contributed by atoms with Gasteiger partial charge in [-0.05, 0) is 12.0 Å². The van der Waals surface area contributed by atoms with Crippen LogP contribution in [0.4, 0.5) is 0 Å². The fourth-order valence-corrected chi connectivity index (χ4v) is 1.66. The van der Waals surface area contributed by atoms with Crippen LogP contribution in [0.25, 0.3) is 0 Å². The van der Waals surface area contributed by atoms with Crippen molar-refractivity contribution in [2.45, 2.75) is 18.4 Å². The van der Waals surface area contributed by atoms with Crippen molar-refractivity contribution in [1.29, 1.82) is 0 Å². The molecular formula is C13H16O4. The van der Waals surface area contributed by atoms with E-state index in [1.54, 1.807) is 24.3 Å². The molecule has 2 atom stereocenters. The SMILES string of the molecule is C=C(C(=O)O)C(CC(O)CO)c1ccccc1. The van der Waals surface area contributed by atoms with E-state index in [0.717, 1.165) is 5.56 Å². The summed E-state index contributed by atoms with van der Waals surface area (Å²) in [6.45, 7) is 3.13. The fourth-order valence-electron chi connectivity index (χ4n) is 1.66. The molecule has 1 rings (SSSR count). The van der Waals surface area contributed by atoms with Crippen LogP contribution in [0.1, 0.15) is 17.9 Å². The number of benzene rings is 1. The molecule has 0 aliphatic heterocycles. The molecule has 4 nitrogen and oxygen atoms in total. The van der Waals surface area contributed by atoms with Gasteiger partial charge in [-0.25, -0.2) is 4.79 Å². The van der Waals surface area contributed by atoms with Crippen molar-refractivity contribution in [2.24, 2.45) is 0 Å². The molecule has 0 amide bonds. The predicted octanol–water partition coefficient (Wildman–Crippen LogP) is 1.15. The second-order valence-corrected chi connectivity index (χ2v) is 3.87. The van der Waals surface area contributed by atoms with Crippen molar-refractivity contribution in [2.75, 3.05) is 6.61 Å². The Balaban J connectivity index is 2.94. The van der Waals surface area contributed by atoms with Gasteiger partial charge in [0.15, 0.2) is 0 Å². The zero-order valence-corrected chi connectivity index (χ0v) is 9.41. The molecule has 4 heteroatoms. The summed E-state index contributed by atoms with van der Waals surface area (Å²) in [5.74, 6) is -1.58. The number of aliphatic carboxylic acids is 1. The molecule has 0 bridgehead atoms. The molecule has 2 unspecified atom stereocenters. The molecule has 0 radical (unpaired) electrons. The summed E-state index contributed by atoms with van der Waals surface area (Å²) >= 11 is 0. The third-order valence-electron chi connectivity index (χ3n) is 2.62. The van der Waals surface area contributed by atoms with E-state index in [9.17, 15) is 9.90 Å². The van der Waals surface area contributed by atoms with Gasteiger partial charge in [-0.3, -0.25) is 0 Å². The number of hydrogen-bond acceptors (Lipinski definition) is 3. The smallest absolute Gasteiger partial charge is 0.331 e. The normalized spacial score (nSPS) is 14.0. The third kappa shape index (κ3) is 3.69. The number of aliphatic hydroxyl groups excluding tert-OH is 2. The standard InChI is InChI=1S/C13H16O4/c1-9(13(16)17)12(7-11(15)8-14)10-5-3-2-4-6-10/h2-6,11-12,14-15H,1,7-8H2,(H,16,17). The van der Waals surface area contributed by atoms with Gasteiger partial charge >= 0.3 is 5.97 Å². The second kappa shape index (κ2) is 6.18. The summed E-state index contributed by atoms with van der Waals surface area (Å²) in [5.41, 5.74) is 0.788. The van der Waals surface area contributed by atoms with Crippen LogP contribution >= 0.6 is 0 Å². The molecule has 3 N–H and O–H groups in total. The summed E-state index contributed by atoms with van der Waals surface area (Å²) in [5, 5.41) is 27.2. The Labute approximate surface area is 99.8 Å². The molecule has 0 spiro atoms. The van der Waals surface area contributed by atoms with Crippen molar-refractivity contribution in [3.8, 4) is 0 Å². The number of aliphatic hydroxyl groups is 2. The maximum atomic E-state index is 10.9. The van der Waals surface area contributed by atoms with E-state index in [-0.39, 0.29) is 12.0 Å². The first-order chi connectivity index (χ1) is 8.06. The van der Waals surface area contributed by atoms with Crippen LogP contribution in [0, 0.1) is 0 Å². The topological polar surface area (TPSA) is 77.8 Å². The molecule has 0 fully saturated rings. The van der Waals surface area contributed by atoms with Gasteiger partial charge in [-0.1, -0.05) is 36.9 Å². The lowest BCUT2D eigenvalue weighted by atomic mass is 9.87. The summed E-state index contributed by atoms with van der Waals surface area (Å²) < 4.78 is 0. The molecule has 0 aromatic heterocycles. The Bertz CT molecular complexity index is 386. The number of carboxylic acid groups (broad SMARTS) is 1. The highest BCUT2D eigenvalue weighted by molar-refractivity contribution is 5.87. The van der Waals surface area contributed by atoms with Gasteiger partial charge in [-0.2, -0.15) is 0 Å². The number of rotatable bonds is 6. The van der Waals surface area contributed by atoms with E-state index in [0.29, 0.717) is 0 Å². The zero-order valence-electron chi connectivity index (χ0n) is 9.41. The molecule has 17 heavy (non-hydrogen) atoms. The Hall–Kier alpha value is -1.65. The van der Waals surface area contributed by atoms with E-state index >= 15 is 0 Å². The Morgan fingerprint density at radius 3 is 2.35 bits per heavy atom. The maximum absolute atomic E-state index is 10.9. The monoisotopic (exact) mass is 236 g/mol. The van der Waals surface area contributed by atoms with Crippen LogP contribution < -0.4 is 0 Å². The van der Waals surface area contributed by atoms with Gasteiger partial charge in [0, 0.05) is 11.5 Å². The average molecular weight is 236 g/mol. The lowest BCUT2D eigenvalue weighted by Crippen LogP contribution is -2.20. The number of hydrogen-bond donors (Lipinski definition) is 3. The molecular weight excluding hydrogens is 220 g/mol. The van der Waals surface area contributed by atoms with Gasteiger partial charge in [0.2, 0.25) is 0 Å². The minimum Gasteiger partial charge on any atom is -0.478 e. The van der Waals surface area contributed by atoms with Crippen molar-refractivity contribution < 1.29 is 20.1 Å². The summed E-state index contributed by atoms with van der Waals surface area (Å²) in [4.78, 5) is 10.9. The summed E-state index contributed by atoms with van der Waals surface area (Å²) in [6, 6.07) is 8.98. The van der Waals surface area contributed by atoms with Crippen LogP contribution in [0.2, 0.25) is 0 Å². The molecule has 0 aliphatic rings. The van der Waals surface area contributed by atoms with Crippen LogP contribution in [0.15, 0.2) is 42.5 Å². The molecule has 0 saturated carbocycles. The fraction of sp³-hybridized carbons (Fsp3) is 0.308. The first-order valence-electron chi connectivity index (χ1n) is 5.32. The Kier molecular flexibility index (Phi) is 4.87. The van der Waals surface area contributed by atoms with Crippen molar-refractivity contribution in [1.82, 2.24) is 0 Å². The van der Waals surface area contributed by atoms with E-state index in [4.69, 9.17) is 10.2 Å². The van der Waals surface area contributed by atoms with Gasteiger partial charge in [0.1, 0.15) is 0 Å². The Morgan fingerprint density at radius 2 is 1.88 bits per heavy atom. The van der Waals surface area contributed by atoms with E-state index < -0.39 is 24.6 Å². The van der Waals surface area contributed by atoms with Gasteiger partial charge in [0.05, 0.1) is 12.7 Å². The van der Waals surface area contributed by atoms with Crippen LogP contribution in [0.5, 0.6) is 0 Å². The molecule has 0 heterocycles. The highest BCUT2D eigenvalue weighted by Gasteiger charge is 2.23. The molecule has 1 aromatic carbocycles. The largest absolute Gasteiger partial charge is 0.478 e. The number of carbonyl (C=O) groups is 1. The van der Waals surface area contributed by atoms with Crippen molar-refractivity contribution in [3.05, 3.63) is 48.0 Å². The van der Waals surface area contributed by atoms with Gasteiger partial charge in [0.25, 0.3) is 0 Å². The van der Waals surface area contributed by atoms with Crippen molar-refractivity contribution >= 4 is 5.97 Å².